The van der Waals surface area contributed by atoms with E-state index in [1.165, 1.54) is 108 Å². The van der Waals surface area contributed by atoms with Crippen LogP contribution in [0.25, 0.3) is 103 Å². The predicted molar refractivity (Wildman–Crippen MR) is 239 cm³/mol. The number of aromatic nitrogens is 2. The van der Waals surface area contributed by atoms with Crippen molar-refractivity contribution in [3.8, 4) is 39.3 Å². The summed E-state index contributed by atoms with van der Waals surface area (Å²) in [5.74, 6) is 0.925. The van der Waals surface area contributed by atoms with Crippen LogP contribution in [0.1, 0.15) is 22.3 Å². The van der Waals surface area contributed by atoms with Crippen LogP contribution in [0.3, 0.4) is 0 Å². The summed E-state index contributed by atoms with van der Waals surface area (Å²) in [5, 5.41) is 10.4. The molecule has 0 saturated heterocycles. The van der Waals surface area contributed by atoms with Gasteiger partial charge in [-0.3, -0.25) is 4.57 Å². The summed E-state index contributed by atoms with van der Waals surface area (Å²) >= 11 is 1.89. The third kappa shape index (κ3) is 3.56. The molecule has 0 fully saturated rings. The maximum Gasteiger partial charge on any atom is 0.138 e. The molecule has 2 aliphatic rings. The van der Waals surface area contributed by atoms with E-state index in [0.29, 0.717) is 0 Å². The molecule has 0 saturated carbocycles. The fourth-order valence-electron chi connectivity index (χ4n) is 11.1. The van der Waals surface area contributed by atoms with Crippen LogP contribution < -0.4 is 0 Å². The zero-order valence-corrected chi connectivity index (χ0v) is 31.4. The van der Waals surface area contributed by atoms with E-state index in [9.17, 15) is 0 Å². The molecule has 9 aromatic carbocycles. The molecule has 2 aliphatic carbocycles. The third-order valence-corrected chi connectivity index (χ3v) is 14.4. The van der Waals surface area contributed by atoms with Crippen LogP contribution in [0.2, 0.25) is 0 Å². The lowest BCUT2D eigenvalue weighted by Crippen LogP contribution is -2.25. The van der Waals surface area contributed by atoms with Gasteiger partial charge in [-0.25, -0.2) is 4.98 Å². The molecule has 0 radical (unpaired) electrons. The molecule has 0 N–H and O–H groups in total. The number of hydrogen-bond acceptors (Lipinski definition) is 2. The Hall–Kier alpha value is -7.07. The van der Waals surface area contributed by atoms with Crippen molar-refractivity contribution in [1.82, 2.24) is 9.55 Å². The van der Waals surface area contributed by atoms with Crippen LogP contribution in [-0.4, -0.2) is 9.55 Å². The molecule has 1 spiro atoms. The van der Waals surface area contributed by atoms with E-state index in [2.05, 4.69) is 187 Å². The van der Waals surface area contributed by atoms with Gasteiger partial charge in [0.05, 0.1) is 22.1 Å². The van der Waals surface area contributed by atoms with Gasteiger partial charge in [-0.15, -0.1) is 11.3 Å². The minimum atomic E-state index is -0.416. The quantitative estimate of drug-likeness (QED) is 0.162. The van der Waals surface area contributed by atoms with Crippen molar-refractivity contribution in [2.24, 2.45) is 0 Å². The lowest BCUT2D eigenvalue weighted by atomic mass is 9.70. The monoisotopic (exact) mass is 738 g/mol. The van der Waals surface area contributed by atoms with Crippen LogP contribution >= 0.6 is 11.3 Å². The van der Waals surface area contributed by atoms with E-state index >= 15 is 0 Å². The summed E-state index contributed by atoms with van der Waals surface area (Å²) in [7, 11) is 0. The topological polar surface area (TPSA) is 17.8 Å². The highest BCUT2D eigenvalue weighted by atomic mass is 32.1. The molecule has 262 valence electrons. The molecule has 3 heteroatoms. The number of hydrogen-bond donors (Lipinski definition) is 0. The van der Waals surface area contributed by atoms with E-state index in [0.717, 1.165) is 17.0 Å². The Kier molecular flexibility index (Phi) is 5.62. The van der Waals surface area contributed by atoms with E-state index in [4.69, 9.17) is 4.98 Å². The highest BCUT2D eigenvalue weighted by molar-refractivity contribution is 7.26. The summed E-state index contributed by atoms with van der Waals surface area (Å²) in [4.78, 5) is 5.63. The summed E-state index contributed by atoms with van der Waals surface area (Å²) < 4.78 is 5.07. The van der Waals surface area contributed by atoms with Crippen molar-refractivity contribution in [3.05, 3.63) is 204 Å². The van der Waals surface area contributed by atoms with Gasteiger partial charge in [0, 0.05) is 42.1 Å². The number of para-hydroxylation sites is 1. The molecule has 0 aliphatic heterocycles. The first-order valence-corrected chi connectivity index (χ1v) is 20.5. The van der Waals surface area contributed by atoms with Gasteiger partial charge in [0.15, 0.2) is 0 Å². The molecule has 0 unspecified atom stereocenters. The lowest BCUT2D eigenvalue weighted by molar-refractivity contribution is 0.794. The minimum Gasteiger partial charge on any atom is -0.293 e. The molecule has 14 rings (SSSR count). The van der Waals surface area contributed by atoms with Crippen molar-refractivity contribution in [3.63, 3.8) is 0 Å². The van der Waals surface area contributed by atoms with Gasteiger partial charge in [-0.05, 0) is 84.8 Å². The smallest absolute Gasteiger partial charge is 0.138 e. The molecule has 3 aromatic heterocycles. The maximum absolute atomic E-state index is 5.63. The Morgan fingerprint density at radius 1 is 0.404 bits per heavy atom. The largest absolute Gasteiger partial charge is 0.293 e. The molecule has 3 heterocycles. The molecule has 0 amide bonds. The lowest BCUT2D eigenvalue weighted by Gasteiger charge is -2.30. The van der Waals surface area contributed by atoms with Gasteiger partial charge < -0.3 is 0 Å². The van der Waals surface area contributed by atoms with Gasteiger partial charge in [-0.2, -0.15) is 0 Å². The minimum absolute atomic E-state index is 0.416. The van der Waals surface area contributed by atoms with Gasteiger partial charge in [0.1, 0.15) is 5.82 Å². The van der Waals surface area contributed by atoms with Crippen molar-refractivity contribution >= 4 is 74.9 Å². The fraction of sp³-hybridized carbons (Fsp3) is 0.0185. The normalized spacial score (nSPS) is 13.8. The fourth-order valence-corrected chi connectivity index (χ4v) is 12.4. The Morgan fingerprint density at radius 2 is 1.00 bits per heavy atom. The standard InChI is InChI=1S/C54H30N2S/c1-2-14-32-31(13-1)36-19-11-25-47-50(36)51-37(32)27-28-40(53(51)57-47)45-23-12-26-48(55-45)56-46-24-10-6-17-35(46)38-29-30-44-49(52(38)56)39-18-5-9-22-43(39)54(44)41-20-7-3-15-33(41)34-16-4-8-21-42(34)54/h1-30H. The predicted octanol–water partition coefficient (Wildman–Crippen LogP) is 14.3. The molecule has 0 bridgehead atoms. The summed E-state index contributed by atoms with van der Waals surface area (Å²) in [5.41, 5.74) is 14.7. The average molecular weight is 739 g/mol. The van der Waals surface area contributed by atoms with Crippen LogP contribution in [0.15, 0.2) is 182 Å². The van der Waals surface area contributed by atoms with E-state index in [-0.39, 0.29) is 0 Å². The Balaban J connectivity index is 1.07. The van der Waals surface area contributed by atoms with Crippen LogP contribution in [0.4, 0.5) is 0 Å². The first kappa shape index (κ1) is 30.2. The Morgan fingerprint density at radius 3 is 1.77 bits per heavy atom. The highest BCUT2D eigenvalue weighted by Gasteiger charge is 2.52. The SMILES string of the molecule is c1cc(-c2ccc3c4ccccc4c4cccc5sc2c3c54)nc(-n2c3ccccc3c3ccc4c(c32)-c2ccccc2C42c3ccccc3-c3ccccc32)c1. The van der Waals surface area contributed by atoms with Crippen molar-refractivity contribution < 1.29 is 0 Å². The summed E-state index contributed by atoms with van der Waals surface area (Å²) in [6.07, 6.45) is 0. The van der Waals surface area contributed by atoms with Crippen LogP contribution in [0, 0.1) is 0 Å². The summed E-state index contributed by atoms with van der Waals surface area (Å²) in [6, 6.07) is 67.7. The van der Waals surface area contributed by atoms with Crippen molar-refractivity contribution in [2.75, 3.05) is 0 Å². The molecule has 0 atom stereocenters. The third-order valence-electron chi connectivity index (χ3n) is 13.2. The van der Waals surface area contributed by atoms with E-state index in [1.807, 2.05) is 11.3 Å². The second-order valence-corrected chi connectivity index (χ2v) is 16.7. The first-order valence-electron chi connectivity index (χ1n) is 19.7. The van der Waals surface area contributed by atoms with Gasteiger partial charge in [0.25, 0.3) is 0 Å². The zero-order chi connectivity index (χ0) is 37.0. The zero-order valence-electron chi connectivity index (χ0n) is 30.6. The van der Waals surface area contributed by atoms with Gasteiger partial charge >= 0.3 is 0 Å². The molecule has 2 nitrogen and oxygen atoms in total. The van der Waals surface area contributed by atoms with E-state index < -0.39 is 5.41 Å². The number of benzene rings is 9. The maximum atomic E-state index is 5.63. The van der Waals surface area contributed by atoms with Crippen LogP contribution in [-0.2, 0) is 5.41 Å². The number of nitrogens with zero attached hydrogens (tertiary/aromatic N) is 2. The second-order valence-electron chi connectivity index (χ2n) is 15.7. The van der Waals surface area contributed by atoms with E-state index in [1.54, 1.807) is 0 Å². The first-order chi connectivity index (χ1) is 28.3. The van der Waals surface area contributed by atoms with Gasteiger partial charge in [-0.1, -0.05) is 158 Å². The second kappa shape index (κ2) is 10.6. The Bertz CT molecular complexity index is 3670. The molecule has 12 aromatic rings. The molecular formula is C54H30N2S. The molecular weight excluding hydrogens is 709 g/mol. The summed E-state index contributed by atoms with van der Waals surface area (Å²) in [6.45, 7) is 0. The molecule has 57 heavy (non-hydrogen) atoms. The van der Waals surface area contributed by atoms with Gasteiger partial charge in [0.2, 0.25) is 0 Å². The number of rotatable bonds is 2. The number of fused-ring (bicyclic) bond motifs is 17. The van der Waals surface area contributed by atoms with Crippen LogP contribution in [0.5, 0.6) is 0 Å². The van der Waals surface area contributed by atoms with Crippen molar-refractivity contribution in [1.29, 1.82) is 0 Å². The number of pyridine rings is 1. The van der Waals surface area contributed by atoms with Crippen molar-refractivity contribution in [2.45, 2.75) is 5.41 Å². The Labute approximate surface area is 331 Å². The average Bonchev–Trinajstić information content (AvgIpc) is 4.00. The highest BCUT2D eigenvalue weighted by Crippen LogP contribution is 2.64. The number of thiophene rings is 1.